The molecule has 0 radical (unpaired) electrons. The first-order chi connectivity index (χ1) is 7.99. The molecule has 0 aliphatic carbocycles. The summed E-state index contributed by atoms with van der Waals surface area (Å²) in [5.41, 5.74) is 1.17. The molecule has 1 rings (SSSR count). The molecule has 1 aromatic carbocycles. The summed E-state index contributed by atoms with van der Waals surface area (Å²) in [4.78, 5) is 0. The summed E-state index contributed by atoms with van der Waals surface area (Å²) in [6.07, 6.45) is 2.21. The van der Waals surface area contributed by atoms with Gasteiger partial charge in [0.2, 0.25) is 0 Å². The lowest BCUT2D eigenvalue weighted by Gasteiger charge is -2.27. The Hall–Kier alpha value is -0.240. The number of halogens is 2. The molecule has 0 heterocycles. The van der Waals surface area contributed by atoms with Gasteiger partial charge in [-0.1, -0.05) is 56.1 Å². The number of nitrogens with one attached hydrogen (secondary N) is 1. The maximum atomic E-state index is 6.27. The van der Waals surface area contributed by atoms with Crippen molar-refractivity contribution in [3.05, 3.63) is 33.8 Å². The van der Waals surface area contributed by atoms with Gasteiger partial charge in [0, 0.05) is 0 Å². The third-order valence-electron chi connectivity index (χ3n) is 3.03. The highest BCUT2D eigenvalue weighted by molar-refractivity contribution is 6.42. The summed E-state index contributed by atoms with van der Waals surface area (Å²) in [7, 11) is 0. The van der Waals surface area contributed by atoms with Crippen molar-refractivity contribution in [2.75, 3.05) is 13.1 Å². The van der Waals surface area contributed by atoms with Gasteiger partial charge in [-0.05, 0) is 43.0 Å². The SMILES string of the molecule is CCCNCCC(C)(C)c1cccc(Cl)c1Cl. The van der Waals surface area contributed by atoms with Gasteiger partial charge in [-0.3, -0.25) is 0 Å². The molecule has 0 unspecified atom stereocenters. The van der Waals surface area contributed by atoms with Crippen molar-refractivity contribution in [3.63, 3.8) is 0 Å². The molecule has 0 atom stereocenters. The van der Waals surface area contributed by atoms with E-state index in [9.17, 15) is 0 Å². The number of benzene rings is 1. The van der Waals surface area contributed by atoms with Crippen molar-refractivity contribution in [1.82, 2.24) is 5.32 Å². The van der Waals surface area contributed by atoms with Crippen LogP contribution in [0, 0.1) is 0 Å². The first-order valence-electron chi connectivity index (χ1n) is 6.14. The molecule has 0 bridgehead atoms. The third kappa shape index (κ3) is 4.17. The Morgan fingerprint density at radius 3 is 2.53 bits per heavy atom. The molecule has 0 spiro atoms. The molecule has 3 heteroatoms. The minimum atomic E-state index is 0.0444. The monoisotopic (exact) mass is 273 g/mol. The van der Waals surface area contributed by atoms with E-state index in [1.165, 1.54) is 6.42 Å². The second-order valence-electron chi connectivity index (χ2n) is 4.99. The predicted molar refractivity (Wildman–Crippen MR) is 77.3 cm³/mol. The molecule has 96 valence electrons. The van der Waals surface area contributed by atoms with Gasteiger partial charge >= 0.3 is 0 Å². The second kappa shape index (κ2) is 6.63. The van der Waals surface area contributed by atoms with E-state index in [-0.39, 0.29) is 5.41 Å². The Balaban J connectivity index is 2.71. The van der Waals surface area contributed by atoms with Crippen molar-refractivity contribution >= 4 is 23.2 Å². The van der Waals surface area contributed by atoms with E-state index in [4.69, 9.17) is 23.2 Å². The fraction of sp³-hybridized carbons (Fsp3) is 0.571. The van der Waals surface area contributed by atoms with E-state index in [1.807, 2.05) is 12.1 Å². The van der Waals surface area contributed by atoms with Crippen molar-refractivity contribution in [2.24, 2.45) is 0 Å². The van der Waals surface area contributed by atoms with Gasteiger partial charge < -0.3 is 5.32 Å². The van der Waals surface area contributed by atoms with Gasteiger partial charge in [-0.2, -0.15) is 0 Å². The van der Waals surface area contributed by atoms with Gasteiger partial charge in [-0.25, -0.2) is 0 Å². The summed E-state index contributed by atoms with van der Waals surface area (Å²) >= 11 is 12.3. The normalized spacial score (nSPS) is 11.8. The zero-order valence-corrected chi connectivity index (χ0v) is 12.3. The van der Waals surface area contributed by atoms with Crippen LogP contribution in [0.25, 0.3) is 0 Å². The van der Waals surface area contributed by atoms with Crippen LogP contribution in [0.3, 0.4) is 0 Å². The van der Waals surface area contributed by atoms with Gasteiger partial charge in [-0.15, -0.1) is 0 Å². The molecular weight excluding hydrogens is 253 g/mol. The van der Waals surface area contributed by atoms with E-state index in [2.05, 4.69) is 32.2 Å². The Labute approximate surface area is 115 Å². The first kappa shape index (κ1) is 14.8. The minimum absolute atomic E-state index is 0.0444. The number of hydrogen-bond acceptors (Lipinski definition) is 1. The molecule has 0 aliphatic rings. The Bertz CT molecular complexity index is 361. The summed E-state index contributed by atoms with van der Waals surface area (Å²) in [5.74, 6) is 0. The van der Waals surface area contributed by atoms with Crippen molar-refractivity contribution in [1.29, 1.82) is 0 Å². The highest BCUT2D eigenvalue weighted by Gasteiger charge is 2.23. The maximum absolute atomic E-state index is 6.27. The highest BCUT2D eigenvalue weighted by atomic mass is 35.5. The summed E-state index contributed by atoms with van der Waals surface area (Å²) in [5, 5.41) is 4.75. The minimum Gasteiger partial charge on any atom is -0.317 e. The molecule has 1 N–H and O–H groups in total. The molecular formula is C14H21Cl2N. The van der Waals surface area contributed by atoms with Crippen LogP contribution in [0.2, 0.25) is 10.0 Å². The van der Waals surface area contributed by atoms with Crippen LogP contribution in [-0.4, -0.2) is 13.1 Å². The Kier molecular flexibility index (Phi) is 5.78. The first-order valence-corrected chi connectivity index (χ1v) is 6.90. The van der Waals surface area contributed by atoms with E-state index < -0.39 is 0 Å². The summed E-state index contributed by atoms with van der Waals surface area (Å²) < 4.78 is 0. The Morgan fingerprint density at radius 1 is 1.18 bits per heavy atom. The lowest BCUT2D eigenvalue weighted by Crippen LogP contribution is -2.26. The van der Waals surface area contributed by atoms with E-state index in [1.54, 1.807) is 0 Å². The summed E-state index contributed by atoms with van der Waals surface area (Å²) in [6, 6.07) is 5.86. The average molecular weight is 274 g/mol. The maximum Gasteiger partial charge on any atom is 0.0629 e. The van der Waals surface area contributed by atoms with Crippen LogP contribution in [0.4, 0.5) is 0 Å². The number of rotatable bonds is 6. The third-order valence-corrected chi connectivity index (χ3v) is 3.85. The zero-order valence-electron chi connectivity index (χ0n) is 10.8. The van der Waals surface area contributed by atoms with Crippen LogP contribution >= 0.6 is 23.2 Å². The molecule has 0 aliphatic heterocycles. The largest absolute Gasteiger partial charge is 0.317 e. The van der Waals surface area contributed by atoms with Crippen molar-refractivity contribution in [3.8, 4) is 0 Å². The zero-order chi connectivity index (χ0) is 12.9. The van der Waals surface area contributed by atoms with E-state index >= 15 is 0 Å². The lowest BCUT2D eigenvalue weighted by atomic mass is 9.81. The van der Waals surface area contributed by atoms with Crippen LogP contribution in [-0.2, 0) is 5.41 Å². The molecule has 0 saturated carbocycles. The van der Waals surface area contributed by atoms with E-state index in [0.29, 0.717) is 10.0 Å². The predicted octanol–water partition coefficient (Wildman–Crippen LogP) is 4.66. The summed E-state index contributed by atoms with van der Waals surface area (Å²) in [6.45, 7) is 8.66. The van der Waals surface area contributed by atoms with Gasteiger partial charge in [0.15, 0.2) is 0 Å². The fourth-order valence-electron chi connectivity index (χ4n) is 1.86. The van der Waals surface area contributed by atoms with Gasteiger partial charge in [0.1, 0.15) is 0 Å². The molecule has 0 saturated heterocycles. The molecule has 1 aromatic rings. The lowest BCUT2D eigenvalue weighted by molar-refractivity contribution is 0.457. The molecule has 17 heavy (non-hydrogen) atoms. The topological polar surface area (TPSA) is 12.0 Å². The molecule has 0 aromatic heterocycles. The fourth-order valence-corrected chi connectivity index (χ4v) is 2.42. The quantitative estimate of drug-likeness (QED) is 0.744. The van der Waals surface area contributed by atoms with E-state index in [0.717, 1.165) is 25.1 Å². The van der Waals surface area contributed by atoms with Crippen LogP contribution in [0.15, 0.2) is 18.2 Å². The van der Waals surface area contributed by atoms with Crippen LogP contribution in [0.1, 0.15) is 39.2 Å². The van der Waals surface area contributed by atoms with Crippen LogP contribution in [0.5, 0.6) is 0 Å². The molecule has 0 amide bonds. The van der Waals surface area contributed by atoms with Gasteiger partial charge in [0.25, 0.3) is 0 Å². The average Bonchev–Trinajstić information content (AvgIpc) is 2.28. The standard InChI is InChI=1S/C14H21Cl2N/c1-4-9-17-10-8-14(2,3)11-6-5-7-12(15)13(11)16/h5-7,17H,4,8-10H2,1-3H3. The van der Waals surface area contributed by atoms with Crippen LogP contribution < -0.4 is 5.32 Å². The van der Waals surface area contributed by atoms with Gasteiger partial charge in [0.05, 0.1) is 10.0 Å². The second-order valence-corrected chi connectivity index (χ2v) is 5.77. The highest BCUT2D eigenvalue weighted by Crippen LogP contribution is 2.36. The molecule has 0 fully saturated rings. The number of hydrogen-bond donors (Lipinski definition) is 1. The Morgan fingerprint density at radius 2 is 1.88 bits per heavy atom. The smallest absolute Gasteiger partial charge is 0.0629 e. The van der Waals surface area contributed by atoms with Crippen molar-refractivity contribution in [2.45, 2.75) is 39.0 Å². The molecule has 1 nitrogen and oxygen atoms in total. The van der Waals surface area contributed by atoms with Crippen molar-refractivity contribution < 1.29 is 0 Å².